The molecular weight excluding hydrogens is 220 g/mol. The summed E-state index contributed by atoms with van der Waals surface area (Å²) in [5.41, 5.74) is 5.53. The monoisotopic (exact) mass is 244 g/mol. The van der Waals surface area contributed by atoms with Gasteiger partial charge in [-0.3, -0.25) is 9.59 Å². The second-order valence-corrected chi connectivity index (χ2v) is 4.47. The third-order valence-electron chi connectivity index (χ3n) is 2.88. The zero-order valence-corrected chi connectivity index (χ0v) is 11.0. The Morgan fingerprint density at radius 3 is 2.41 bits per heavy atom. The molecule has 0 aliphatic heterocycles. The van der Waals surface area contributed by atoms with Gasteiger partial charge in [-0.05, 0) is 31.2 Å². The zero-order chi connectivity index (χ0) is 13.3. The van der Waals surface area contributed by atoms with Crippen molar-refractivity contribution in [3.05, 3.63) is 0 Å². The van der Waals surface area contributed by atoms with E-state index in [1.54, 1.807) is 0 Å². The van der Waals surface area contributed by atoms with Crippen LogP contribution in [0.4, 0.5) is 0 Å². The lowest BCUT2D eigenvalue weighted by Crippen LogP contribution is -2.30. The minimum absolute atomic E-state index is 0.0570. The van der Waals surface area contributed by atoms with Crippen LogP contribution in [-0.2, 0) is 14.3 Å². The second kappa shape index (κ2) is 8.98. The molecule has 0 aliphatic rings. The summed E-state index contributed by atoms with van der Waals surface area (Å²) in [6.45, 7) is 4.85. The SMILES string of the molecule is COC(=O)CNC(=O)CCC(CCN)C(C)C. The Hall–Kier alpha value is -1.10. The molecule has 5 heteroatoms. The molecule has 17 heavy (non-hydrogen) atoms. The average molecular weight is 244 g/mol. The number of ether oxygens (including phenoxy) is 1. The van der Waals surface area contributed by atoms with Crippen LogP contribution in [0.25, 0.3) is 0 Å². The number of nitrogens with one attached hydrogen (secondary N) is 1. The van der Waals surface area contributed by atoms with Gasteiger partial charge in [0.2, 0.25) is 5.91 Å². The molecule has 0 radical (unpaired) electrons. The highest BCUT2D eigenvalue weighted by atomic mass is 16.5. The van der Waals surface area contributed by atoms with Crippen molar-refractivity contribution in [2.45, 2.75) is 33.1 Å². The first-order chi connectivity index (χ1) is 8.01. The maximum atomic E-state index is 11.4. The van der Waals surface area contributed by atoms with Gasteiger partial charge in [-0.25, -0.2) is 0 Å². The number of carbonyl (C=O) groups is 2. The fourth-order valence-electron chi connectivity index (χ4n) is 1.67. The van der Waals surface area contributed by atoms with Gasteiger partial charge in [-0.1, -0.05) is 13.8 Å². The van der Waals surface area contributed by atoms with E-state index in [0.717, 1.165) is 12.8 Å². The van der Waals surface area contributed by atoms with E-state index in [9.17, 15) is 9.59 Å². The molecule has 0 saturated heterocycles. The van der Waals surface area contributed by atoms with Crippen molar-refractivity contribution in [1.82, 2.24) is 5.32 Å². The number of nitrogens with two attached hydrogens (primary N) is 1. The van der Waals surface area contributed by atoms with Crippen LogP contribution in [0, 0.1) is 11.8 Å². The first-order valence-corrected chi connectivity index (χ1v) is 6.04. The topological polar surface area (TPSA) is 81.4 Å². The Bertz CT molecular complexity index is 242. The van der Waals surface area contributed by atoms with E-state index < -0.39 is 5.97 Å². The van der Waals surface area contributed by atoms with Gasteiger partial charge < -0.3 is 15.8 Å². The predicted octanol–water partition coefficient (Wildman–Crippen LogP) is 0.677. The van der Waals surface area contributed by atoms with E-state index in [1.165, 1.54) is 7.11 Å². The Balaban J connectivity index is 3.84. The maximum absolute atomic E-state index is 11.4. The third-order valence-corrected chi connectivity index (χ3v) is 2.88. The van der Waals surface area contributed by atoms with Gasteiger partial charge in [0.25, 0.3) is 0 Å². The number of hydrogen-bond acceptors (Lipinski definition) is 4. The number of methoxy groups -OCH3 is 1. The molecule has 0 fully saturated rings. The molecule has 0 saturated carbocycles. The molecule has 0 bridgehead atoms. The number of esters is 1. The van der Waals surface area contributed by atoms with Crippen LogP contribution in [0.2, 0.25) is 0 Å². The molecule has 0 aromatic carbocycles. The normalized spacial score (nSPS) is 12.3. The van der Waals surface area contributed by atoms with Crippen LogP contribution in [0.15, 0.2) is 0 Å². The van der Waals surface area contributed by atoms with E-state index >= 15 is 0 Å². The summed E-state index contributed by atoms with van der Waals surface area (Å²) in [5.74, 6) is 0.439. The lowest BCUT2D eigenvalue weighted by Gasteiger charge is -2.19. The maximum Gasteiger partial charge on any atom is 0.325 e. The van der Waals surface area contributed by atoms with Gasteiger partial charge in [-0.15, -0.1) is 0 Å². The van der Waals surface area contributed by atoms with E-state index in [-0.39, 0.29) is 12.5 Å². The number of hydrogen-bond donors (Lipinski definition) is 2. The van der Waals surface area contributed by atoms with Crippen molar-refractivity contribution >= 4 is 11.9 Å². The van der Waals surface area contributed by atoms with E-state index in [1.807, 2.05) is 0 Å². The standard InChI is InChI=1S/C12H24N2O3/c1-9(2)10(6-7-13)4-5-11(15)14-8-12(16)17-3/h9-10H,4-8,13H2,1-3H3,(H,14,15). The summed E-state index contributed by atoms with van der Waals surface area (Å²) in [5, 5.41) is 2.53. The smallest absolute Gasteiger partial charge is 0.325 e. The van der Waals surface area contributed by atoms with Crippen LogP contribution in [0.5, 0.6) is 0 Å². The zero-order valence-electron chi connectivity index (χ0n) is 11.0. The van der Waals surface area contributed by atoms with Crippen LogP contribution in [0.3, 0.4) is 0 Å². The summed E-state index contributed by atoms with van der Waals surface area (Å²) in [6.07, 6.45) is 2.17. The van der Waals surface area contributed by atoms with E-state index in [4.69, 9.17) is 5.73 Å². The lowest BCUT2D eigenvalue weighted by molar-refractivity contribution is -0.141. The van der Waals surface area contributed by atoms with Crippen LogP contribution in [-0.4, -0.2) is 32.1 Å². The average Bonchev–Trinajstić information content (AvgIpc) is 2.30. The fraction of sp³-hybridized carbons (Fsp3) is 0.833. The lowest BCUT2D eigenvalue weighted by atomic mass is 9.88. The highest BCUT2D eigenvalue weighted by Gasteiger charge is 2.14. The molecule has 0 heterocycles. The summed E-state index contributed by atoms with van der Waals surface area (Å²) in [6, 6.07) is 0. The molecule has 1 unspecified atom stereocenters. The predicted molar refractivity (Wildman–Crippen MR) is 66.3 cm³/mol. The van der Waals surface area contributed by atoms with Gasteiger partial charge in [0.15, 0.2) is 0 Å². The highest BCUT2D eigenvalue weighted by Crippen LogP contribution is 2.20. The van der Waals surface area contributed by atoms with Crippen LogP contribution >= 0.6 is 0 Å². The van der Waals surface area contributed by atoms with E-state index in [0.29, 0.717) is 24.8 Å². The molecule has 100 valence electrons. The fourth-order valence-corrected chi connectivity index (χ4v) is 1.67. The van der Waals surface area contributed by atoms with Crippen molar-refractivity contribution in [3.8, 4) is 0 Å². The Morgan fingerprint density at radius 1 is 1.29 bits per heavy atom. The third kappa shape index (κ3) is 7.74. The van der Waals surface area contributed by atoms with Gasteiger partial charge in [0.1, 0.15) is 6.54 Å². The van der Waals surface area contributed by atoms with Gasteiger partial charge in [0.05, 0.1) is 7.11 Å². The molecular formula is C12H24N2O3. The van der Waals surface area contributed by atoms with Crippen molar-refractivity contribution in [2.75, 3.05) is 20.2 Å². The minimum Gasteiger partial charge on any atom is -0.468 e. The molecule has 0 spiro atoms. The van der Waals surface area contributed by atoms with Crippen LogP contribution in [0.1, 0.15) is 33.1 Å². The van der Waals surface area contributed by atoms with Gasteiger partial charge in [0, 0.05) is 6.42 Å². The summed E-state index contributed by atoms with van der Waals surface area (Å²) < 4.78 is 4.43. The number of carbonyl (C=O) groups excluding carboxylic acids is 2. The Kier molecular flexibility index (Phi) is 8.40. The molecule has 1 atom stereocenters. The largest absolute Gasteiger partial charge is 0.468 e. The molecule has 0 aliphatic carbocycles. The van der Waals surface area contributed by atoms with Crippen molar-refractivity contribution in [1.29, 1.82) is 0 Å². The molecule has 0 aromatic rings. The van der Waals surface area contributed by atoms with Crippen molar-refractivity contribution in [3.63, 3.8) is 0 Å². The molecule has 1 amide bonds. The first kappa shape index (κ1) is 15.9. The van der Waals surface area contributed by atoms with Gasteiger partial charge >= 0.3 is 5.97 Å². The van der Waals surface area contributed by atoms with Crippen molar-refractivity contribution in [2.24, 2.45) is 17.6 Å². The Labute approximate surface area is 103 Å². The molecule has 0 aromatic heterocycles. The summed E-state index contributed by atoms with van der Waals surface area (Å²) in [7, 11) is 1.30. The van der Waals surface area contributed by atoms with Gasteiger partial charge in [-0.2, -0.15) is 0 Å². The Morgan fingerprint density at radius 2 is 1.94 bits per heavy atom. The van der Waals surface area contributed by atoms with Crippen LogP contribution < -0.4 is 11.1 Å². The quantitative estimate of drug-likeness (QED) is 0.615. The molecule has 5 nitrogen and oxygen atoms in total. The number of rotatable bonds is 8. The highest BCUT2D eigenvalue weighted by molar-refractivity contribution is 5.81. The minimum atomic E-state index is -0.430. The molecule has 3 N–H and O–H groups in total. The summed E-state index contributed by atoms with van der Waals surface area (Å²) >= 11 is 0. The summed E-state index contributed by atoms with van der Waals surface area (Å²) in [4.78, 5) is 22.3. The van der Waals surface area contributed by atoms with Crippen molar-refractivity contribution < 1.29 is 14.3 Å². The van der Waals surface area contributed by atoms with E-state index in [2.05, 4.69) is 23.9 Å². The first-order valence-electron chi connectivity index (χ1n) is 6.04. The molecule has 0 rings (SSSR count). The number of amides is 1. The second-order valence-electron chi connectivity index (χ2n) is 4.47.